The Morgan fingerprint density at radius 1 is 1.33 bits per heavy atom. The van der Waals surface area contributed by atoms with Crippen LogP contribution >= 0.6 is 0 Å². The van der Waals surface area contributed by atoms with Gasteiger partial charge in [0.15, 0.2) is 0 Å². The molecule has 1 N–H and O–H groups in total. The summed E-state index contributed by atoms with van der Waals surface area (Å²) in [5.74, 6) is 0.293. The third-order valence-electron chi connectivity index (χ3n) is 3.69. The molecule has 0 bridgehead atoms. The zero-order chi connectivity index (χ0) is 12.8. The molecule has 0 aromatic rings. The zero-order valence-electron chi connectivity index (χ0n) is 11.4. The van der Waals surface area contributed by atoms with E-state index in [1.54, 1.807) is 0 Å². The van der Waals surface area contributed by atoms with E-state index < -0.39 is 0 Å². The van der Waals surface area contributed by atoms with Gasteiger partial charge >= 0.3 is 0 Å². The lowest BCUT2D eigenvalue weighted by atomic mass is 10.2. The van der Waals surface area contributed by atoms with Crippen LogP contribution in [0, 0.1) is 0 Å². The zero-order valence-corrected chi connectivity index (χ0v) is 11.4. The average molecular weight is 255 g/mol. The van der Waals surface area contributed by atoms with Gasteiger partial charge in [-0.3, -0.25) is 4.79 Å². The van der Waals surface area contributed by atoms with E-state index in [4.69, 9.17) is 4.74 Å². The SMILES string of the molecule is CN1CCOC(CNCCC(=O)N2CCCC2)C1. The maximum absolute atomic E-state index is 11.8. The van der Waals surface area contributed by atoms with Gasteiger partial charge in [0, 0.05) is 45.7 Å². The summed E-state index contributed by atoms with van der Waals surface area (Å²) < 4.78 is 5.66. The fourth-order valence-electron chi connectivity index (χ4n) is 2.57. The molecule has 2 rings (SSSR count). The molecule has 0 aromatic carbocycles. The predicted molar refractivity (Wildman–Crippen MR) is 70.5 cm³/mol. The van der Waals surface area contributed by atoms with Gasteiger partial charge in [0.2, 0.25) is 5.91 Å². The van der Waals surface area contributed by atoms with E-state index in [0.29, 0.717) is 12.3 Å². The lowest BCUT2D eigenvalue weighted by Crippen LogP contribution is -2.45. The van der Waals surface area contributed by atoms with Crippen LogP contribution in [0.15, 0.2) is 0 Å². The van der Waals surface area contributed by atoms with Crippen molar-refractivity contribution in [1.29, 1.82) is 0 Å². The molecular weight excluding hydrogens is 230 g/mol. The topological polar surface area (TPSA) is 44.8 Å². The molecule has 2 aliphatic rings. The Balaban J connectivity index is 1.53. The van der Waals surface area contributed by atoms with E-state index in [2.05, 4.69) is 17.3 Å². The molecule has 1 unspecified atom stereocenters. The third-order valence-corrected chi connectivity index (χ3v) is 3.69. The first kappa shape index (κ1) is 13.8. The molecule has 104 valence electrons. The summed E-state index contributed by atoms with van der Waals surface area (Å²) in [6.45, 7) is 6.33. The van der Waals surface area contributed by atoms with Crippen LogP contribution in [0.4, 0.5) is 0 Å². The second-order valence-corrected chi connectivity index (χ2v) is 5.30. The van der Waals surface area contributed by atoms with Crippen molar-refractivity contribution in [1.82, 2.24) is 15.1 Å². The molecule has 5 nitrogen and oxygen atoms in total. The molecule has 2 fully saturated rings. The second-order valence-electron chi connectivity index (χ2n) is 5.30. The number of carbonyl (C=O) groups excluding carboxylic acids is 1. The van der Waals surface area contributed by atoms with Crippen LogP contribution in [-0.4, -0.2) is 74.7 Å². The van der Waals surface area contributed by atoms with Crippen molar-refractivity contribution < 1.29 is 9.53 Å². The van der Waals surface area contributed by atoms with Crippen LogP contribution in [-0.2, 0) is 9.53 Å². The van der Waals surface area contributed by atoms with Gasteiger partial charge in [-0.25, -0.2) is 0 Å². The lowest BCUT2D eigenvalue weighted by molar-refractivity contribution is -0.130. The van der Waals surface area contributed by atoms with E-state index in [1.807, 2.05) is 4.90 Å². The van der Waals surface area contributed by atoms with Crippen molar-refractivity contribution in [2.45, 2.75) is 25.4 Å². The van der Waals surface area contributed by atoms with Gasteiger partial charge in [-0.15, -0.1) is 0 Å². The summed E-state index contributed by atoms with van der Waals surface area (Å²) in [6, 6.07) is 0. The fourth-order valence-corrected chi connectivity index (χ4v) is 2.57. The maximum atomic E-state index is 11.8. The molecule has 2 aliphatic heterocycles. The molecule has 0 aliphatic carbocycles. The fraction of sp³-hybridized carbons (Fsp3) is 0.923. The highest BCUT2D eigenvalue weighted by molar-refractivity contribution is 5.76. The molecule has 2 saturated heterocycles. The minimum atomic E-state index is 0.269. The molecular formula is C13H25N3O2. The number of hydrogen-bond acceptors (Lipinski definition) is 4. The second kappa shape index (κ2) is 7.07. The first-order chi connectivity index (χ1) is 8.75. The Kier molecular flexibility index (Phi) is 5.41. The number of nitrogens with zero attached hydrogens (tertiary/aromatic N) is 2. The normalized spacial score (nSPS) is 25.6. The van der Waals surface area contributed by atoms with Crippen LogP contribution in [0.1, 0.15) is 19.3 Å². The summed E-state index contributed by atoms with van der Waals surface area (Å²) in [5, 5.41) is 3.33. The lowest BCUT2D eigenvalue weighted by Gasteiger charge is -2.30. The number of likely N-dealkylation sites (N-methyl/N-ethyl adjacent to an activating group) is 1. The number of morpholine rings is 1. The van der Waals surface area contributed by atoms with Crippen LogP contribution in [0.5, 0.6) is 0 Å². The maximum Gasteiger partial charge on any atom is 0.223 e. The summed E-state index contributed by atoms with van der Waals surface area (Å²) in [5.41, 5.74) is 0. The summed E-state index contributed by atoms with van der Waals surface area (Å²) >= 11 is 0. The Morgan fingerprint density at radius 2 is 2.11 bits per heavy atom. The molecule has 5 heteroatoms. The van der Waals surface area contributed by atoms with Crippen molar-refractivity contribution in [2.24, 2.45) is 0 Å². The molecule has 0 radical (unpaired) electrons. The Morgan fingerprint density at radius 3 is 2.83 bits per heavy atom. The van der Waals surface area contributed by atoms with Crippen molar-refractivity contribution in [2.75, 3.05) is 52.9 Å². The first-order valence-electron chi connectivity index (χ1n) is 7.04. The Hall–Kier alpha value is -0.650. The molecule has 1 atom stereocenters. The Bertz CT molecular complexity index is 267. The van der Waals surface area contributed by atoms with Crippen LogP contribution in [0.2, 0.25) is 0 Å². The van der Waals surface area contributed by atoms with E-state index in [0.717, 1.165) is 45.9 Å². The highest BCUT2D eigenvalue weighted by Crippen LogP contribution is 2.08. The van der Waals surface area contributed by atoms with Gasteiger partial charge in [-0.05, 0) is 19.9 Å². The minimum Gasteiger partial charge on any atom is -0.374 e. The molecule has 2 heterocycles. The number of likely N-dealkylation sites (tertiary alicyclic amines) is 1. The van der Waals surface area contributed by atoms with Gasteiger partial charge in [-0.1, -0.05) is 0 Å². The van der Waals surface area contributed by atoms with E-state index in [1.165, 1.54) is 12.8 Å². The van der Waals surface area contributed by atoms with Gasteiger partial charge in [0.1, 0.15) is 0 Å². The minimum absolute atomic E-state index is 0.269. The summed E-state index contributed by atoms with van der Waals surface area (Å²) in [6.07, 6.45) is 3.22. The highest BCUT2D eigenvalue weighted by Gasteiger charge is 2.19. The van der Waals surface area contributed by atoms with Gasteiger partial charge < -0.3 is 19.9 Å². The predicted octanol–water partition coefficient (Wildman–Crippen LogP) is -0.0809. The van der Waals surface area contributed by atoms with Gasteiger partial charge in [0.05, 0.1) is 12.7 Å². The molecule has 1 amide bonds. The number of nitrogens with one attached hydrogen (secondary N) is 1. The third kappa shape index (κ3) is 4.23. The van der Waals surface area contributed by atoms with Gasteiger partial charge in [0.25, 0.3) is 0 Å². The Labute approximate surface area is 109 Å². The van der Waals surface area contributed by atoms with Crippen molar-refractivity contribution in [3.8, 4) is 0 Å². The van der Waals surface area contributed by atoms with Crippen LogP contribution in [0.3, 0.4) is 0 Å². The van der Waals surface area contributed by atoms with Gasteiger partial charge in [-0.2, -0.15) is 0 Å². The number of hydrogen-bond donors (Lipinski definition) is 1. The molecule has 0 saturated carbocycles. The van der Waals surface area contributed by atoms with Crippen LogP contribution < -0.4 is 5.32 Å². The number of amides is 1. The number of rotatable bonds is 5. The monoisotopic (exact) mass is 255 g/mol. The van der Waals surface area contributed by atoms with E-state index >= 15 is 0 Å². The molecule has 18 heavy (non-hydrogen) atoms. The number of ether oxygens (including phenoxy) is 1. The number of carbonyl (C=O) groups is 1. The van der Waals surface area contributed by atoms with Crippen LogP contribution in [0.25, 0.3) is 0 Å². The average Bonchev–Trinajstić information content (AvgIpc) is 2.88. The highest BCUT2D eigenvalue weighted by atomic mass is 16.5. The molecule has 0 aromatic heterocycles. The summed E-state index contributed by atoms with van der Waals surface area (Å²) in [7, 11) is 2.12. The quantitative estimate of drug-likeness (QED) is 0.698. The van der Waals surface area contributed by atoms with E-state index in [-0.39, 0.29) is 6.10 Å². The first-order valence-corrected chi connectivity index (χ1v) is 7.04. The smallest absolute Gasteiger partial charge is 0.223 e. The summed E-state index contributed by atoms with van der Waals surface area (Å²) in [4.78, 5) is 16.1. The molecule has 0 spiro atoms. The standard InChI is InChI=1S/C13H25N3O2/c1-15-8-9-18-12(11-15)10-14-5-4-13(17)16-6-2-3-7-16/h12,14H,2-11H2,1H3. The van der Waals surface area contributed by atoms with Crippen molar-refractivity contribution >= 4 is 5.91 Å². The van der Waals surface area contributed by atoms with Crippen molar-refractivity contribution in [3.63, 3.8) is 0 Å². The largest absolute Gasteiger partial charge is 0.374 e. The van der Waals surface area contributed by atoms with E-state index in [9.17, 15) is 4.79 Å². The van der Waals surface area contributed by atoms with Crippen molar-refractivity contribution in [3.05, 3.63) is 0 Å².